The quantitative estimate of drug-likeness (QED) is 0.891. The second kappa shape index (κ2) is 3.91. The van der Waals surface area contributed by atoms with Gasteiger partial charge in [0.2, 0.25) is 0 Å². The number of hydrogen-bond acceptors (Lipinski definition) is 1. The number of hydrogen-bond donors (Lipinski definition) is 1. The summed E-state index contributed by atoms with van der Waals surface area (Å²) in [6, 6.07) is 8.12. The molecule has 1 aliphatic rings. The average Bonchev–Trinajstić information content (AvgIpc) is 2.79. The van der Waals surface area contributed by atoms with Crippen LogP contribution in [0.4, 0.5) is 0 Å². The Bertz CT molecular complexity index is 359. The van der Waals surface area contributed by atoms with Crippen LogP contribution in [0.15, 0.2) is 28.7 Å². The first-order valence-electron chi connectivity index (χ1n) is 5.42. The summed E-state index contributed by atoms with van der Waals surface area (Å²) < 4.78 is 1.10. The van der Waals surface area contributed by atoms with Gasteiger partial charge < -0.3 is 5.11 Å². The van der Waals surface area contributed by atoms with Gasteiger partial charge in [-0.3, -0.25) is 0 Å². The first-order valence-corrected chi connectivity index (χ1v) is 6.21. The fourth-order valence-corrected chi connectivity index (χ4v) is 2.64. The van der Waals surface area contributed by atoms with E-state index in [1.165, 1.54) is 5.56 Å². The summed E-state index contributed by atoms with van der Waals surface area (Å²) in [5.41, 5.74) is 1.55. The summed E-state index contributed by atoms with van der Waals surface area (Å²) in [5, 5.41) is 10.1. The lowest BCUT2D eigenvalue weighted by Gasteiger charge is -2.13. The van der Waals surface area contributed by atoms with E-state index in [9.17, 15) is 5.11 Å². The normalized spacial score (nSPS) is 24.9. The third kappa shape index (κ3) is 2.43. The number of aliphatic hydroxyl groups excluding tert-OH is 1. The first kappa shape index (κ1) is 11.2. The topological polar surface area (TPSA) is 20.2 Å². The summed E-state index contributed by atoms with van der Waals surface area (Å²) in [6.07, 6.45) is 1.72. The van der Waals surface area contributed by atoms with E-state index in [4.69, 9.17) is 0 Å². The Kier molecular flexibility index (Phi) is 2.91. The van der Waals surface area contributed by atoms with E-state index in [-0.39, 0.29) is 6.10 Å². The highest BCUT2D eigenvalue weighted by molar-refractivity contribution is 9.10. The van der Waals surface area contributed by atoms with Crippen molar-refractivity contribution in [1.82, 2.24) is 0 Å². The minimum Gasteiger partial charge on any atom is -0.392 e. The van der Waals surface area contributed by atoms with Gasteiger partial charge in [-0.2, -0.15) is 0 Å². The molecular weight excluding hydrogens is 252 g/mol. The molecule has 1 aliphatic carbocycles. The summed E-state index contributed by atoms with van der Waals surface area (Å²) in [6.45, 7) is 4.45. The highest BCUT2D eigenvalue weighted by Crippen LogP contribution is 2.54. The maximum Gasteiger partial charge on any atom is 0.0614 e. The van der Waals surface area contributed by atoms with Gasteiger partial charge in [-0.1, -0.05) is 48.0 Å². The summed E-state index contributed by atoms with van der Waals surface area (Å²) in [4.78, 5) is 0. The van der Waals surface area contributed by atoms with E-state index < -0.39 is 0 Å². The summed E-state index contributed by atoms with van der Waals surface area (Å²) >= 11 is 3.51. The van der Waals surface area contributed by atoms with Crippen molar-refractivity contribution in [2.45, 2.75) is 32.8 Å². The fourth-order valence-electron chi connectivity index (χ4n) is 2.20. The molecule has 0 saturated heterocycles. The van der Waals surface area contributed by atoms with Gasteiger partial charge in [0.05, 0.1) is 6.10 Å². The van der Waals surface area contributed by atoms with E-state index >= 15 is 0 Å². The number of aliphatic hydroxyl groups is 1. The third-order valence-corrected chi connectivity index (χ3v) is 4.21. The van der Waals surface area contributed by atoms with E-state index in [0.29, 0.717) is 11.3 Å². The highest BCUT2D eigenvalue weighted by Gasteiger charge is 2.49. The van der Waals surface area contributed by atoms with Crippen molar-refractivity contribution >= 4 is 15.9 Å². The molecule has 1 nitrogen and oxygen atoms in total. The molecule has 2 rings (SSSR count). The smallest absolute Gasteiger partial charge is 0.0614 e. The zero-order valence-electron chi connectivity index (χ0n) is 9.20. The monoisotopic (exact) mass is 268 g/mol. The van der Waals surface area contributed by atoms with Crippen LogP contribution < -0.4 is 0 Å². The predicted molar refractivity (Wildman–Crippen MR) is 65.7 cm³/mol. The summed E-state index contributed by atoms with van der Waals surface area (Å²) in [7, 11) is 0. The van der Waals surface area contributed by atoms with E-state index in [1.807, 2.05) is 18.2 Å². The molecule has 0 amide bonds. The van der Waals surface area contributed by atoms with Crippen LogP contribution in [0.5, 0.6) is 0 Å². The van der Waals surface area contributed by atoms with Crippen molar-refractivity contribution in [3.8, 4) is 0 Å². The Hall–Kier alpha value is -0.340. The van der Waals surface area contributed by atoms with Crippen LogP contribution in [0.1, 0.15) is 25.8 Å². The molecule has 0 aromatic heterocycles. The van der Waals surface area contributed by atoms with Crippen molar-refractivity contribution in [3.05, 3.63) is 34.3 Å². The Labute approximate surface area is 99.6 Å². The predicted octanol–water partition coefficient (Wildman–Crippen LogP) is 3.40. The fraction of sp³-hybridized carbons (Fsp3) is 0.538. The lowest BCUT2D eigenvalue weighted by Crippen LogP contribution is -2.16. The number of halogens is 1. The van der Waals surface area contributed by atoms with Crippen molar-refractivity contribution < 1.29 is 5.11 Å². The minimum atomic E-state index is -0.196. The molecule has 1 aromatic rings. The molecule has 0 radical (unpaired) electrons. The van der Waals surface area contributed by atoms with Gasteiger partial charge in [0.25, 0.3) is 0 Å². The lowest BCUT2D eigenvalue weighted by atomic mass is 10.00. The Morgan fingerprint density at radius 2 is 2.07 bits per heavy atom. The van der Waals surface area contributed by atoms with Crippen LogP contribution in [0, 0.1) is 11.3 Å². The third-order valence-electron chi connectivity index (χ3n) is 3.44. The first-order chi connectivity index (χ1) is 7.00. The van der Waals surface area contributed by atoms with Gasteiger partial charge in [0.15, 0.2) is 0 Å². The average molecular weight is 269 g/mol. The Morgan fingerprint density at radius 3 is 2.60 bits per heavy atom. The van der Waals surface area contributed by atoms with Gasteiger partial charge >= 0.3 is 0 Å². The van der Waals surface area contributed by atoms with E-state index in [2.05, 4.69) is 35.8 Å². The van der Waals surface area contributed by atoms with Gasteiger partial charge in [-0.05, 0) is 35.8 Å². The molecule has 82 valence electrons. The maximum atomic E-state index is 10.1. The maximum absolute atomic E-state index is 10.1. The minimum absolute atomic E-state index is 0.196. The molecule has 1 fully saturated rings. The van der Waals surface area contributed by atoms with Gasteiger partial charge in [0.1, 0.15) is 0 Å². The number of benzene rings is 1. The molecule has 1 aromatic carbocycles. The van der Waals surface area contributed by atoms with Gasteiger partial charge in [-0.15, -0.1) is 0 Å². The SMILES string of the molecule is CC1(C)CC1C(O)Cc1ccccc1Br. The van der Waals surface area contributed by atoms with E-state index in [0.717, 1.165) is 17.3 Å². The largest absolute Gasteiger partial charge is 0.392 e. The molecule has 0 bridgehead atoms. The van der Waals surface area contributed by atoms with Crippen molar-refractivity contribution in [1.29, 1.82) is 0 Å². The molecule has 2 atom stereocenters. The van der Waals surface area contributed by atoms with Gasteiger partial charge in [0, 0.05) is 4.47 Å². The molecule has 0 heterocycles. The molecule has 0 spiro atoms. The van der Waals surface area contributed by atoms with Crippen molar-refractivity contribution in [2.24, 2.45) is 11.3 Å². The van der Waals surface area contributed by atoms with Crippen LogP contribution in [-0.4, -0.2) is 11.2 Å². The standard InChI is InChI=1S/C13H17BrO/c1-13(2)8-10(13)12(15)7-9-5-3-4-6-11(9)14/h3-6,10,12,15H,7-8H2,1-2H3. The second-order valence-corrected chi connectivity index (χ2v) is 6.02. The summed E-state index contributed by atoms with van der Waals surface area (Å²) in [5.74, 6) is 0.476. The highest BCUT2D eigenvalue weighted by atomic mass is 79.9. The molecule has 2 heteroatoms. The molecule has 2 unspecified atom stereocenters. The van der Waals surface area contributed by atoms with Crippen LogP contribution in [-0.2, 0) is 6.42 Å². The zero-order chi connectivity index (χ0) is 11.1. The zero-order valence-corrected chi connectivity index (χ0v) is 10.8. The van der Waals surface area contributed by atoms with Crippen molar-refractivity contribution in [3.63, 3.8) is 0 Å². The molecule has 0 aliphatic heterocycles. The molecule has 15 heavy (non-hydrogen) atoms. The molecule has 1 saturated carbocycles. The Morgan fingerprint density at radius 1 is 1.47 bits per heavy atom. The molecular formula is C13H17BrO. The van der Waals surface area contributed by atoms with Gasteiger partial charge in [-0.25, -0.2) is 0 Å². The van der Waals surface area contributed by atoms with Crippen LogP contribution in [0.3, 0.4) is 0 Å². The second-order valence-electron chi connectivity index (χ2n) is 5.16. The van der Waals surface area contributed by atoms with Crippen molar-refractivity contribution in [2.75, 3.05) is 0 Å². The molecule has 1 N–H and O–H groups in total. The Balaban J connectivity index is 2.01. The van der Waals surface area contributed by atoms with Crippen LogP contribution in [0.25, 0.3) is 0 Å². The lowest BCUT2D eigenvalue weighted by molar-refractivity contribution is 0.136. The number of rotatable bonds is 3. The van der Waals surface area contributed by atoms with E-state index in [1.54, 1.807) is 0 Å². The van der Waals surface area contributed by atoms with Crippen LogP contribution in [0.2, 0.25) is 0 Å². The van der Waals surface area contributed by atoms with Crippen LogP contribution >= 0.6 is 15.9 Å².